The van der Waals surface area contributed by atoms with Crippen LogP contribution in [-0.4, -0.2) is 41.8 Å². The number of hydrogen-bond acceptors (Lipinski definition) is 5. The molecule has 22 heavy (non-hydrogen) atoms. The fraction of sp³-hybridized carbons (Fsp3) is 0.800. The highest BCUT2D eigenvalue weighted by atomic mass is 16.6. The number of ether oxygens (including phenoxy) is 2. The zero-order chi connectivity index (χ0) is 16.6. The van der Waals surface area contributed by atoms with Gasteiger partial charge in [-0.25, -0.2) is 9.59 Å². The molecule has 0 saturated heterocycles. The monoisotopic (exact) mass is 312 g/mol. The average Bonchev–Trinajstić information content (AvgIpc) is 3.10. The van der Waals surface area contributed by atoms with Gasteiger partial charge in [-0.1, -0.05) is 0 Å². The summed E-state index contributed by atoms with van der Waals surface area (Å²) in [6, 6.07) is 0. The van der Waals surface area contributed by atoms with Crippen LogP contribution in [0, 0.1) is 0 Å². The molecular weight excluding hydrogens is 288 g/mol. The van der Waals surface area contributed by atoms with E-state index in [1.54, 1.807) is 20.8 Å². The fourth-order valence-corrected chi connectivity index (χ4v) is 2.48. The molecule has 2 saturated carbocycles. The Balaban J connectivity index is 1.97. The summed E-state index contributed by atoms with van der Waals surface area (Å²) in [5.74, 6) is -0.774. The minimum atomic E-state index is -0.959. The van der Waals surface area contributed by atoms with E-state index in [-0.39, 0.29) is 5.91 Å². The number of hydrogen-bond donors (Lipinski definition) is 2. The van der Waals surface area contributed by atoms with Gasteiger partial charge in [0.15, 0.2) is 0 Å². The van der Waals surface area contributed by atoms with Crippen molar-refractivity contribution in [1.29, 1.82) is 0 Å². The first kappa shape index (κ1) is 16.6. The Kier molecular flexibility index (Phi) is 4.10. The molecule has 7 nitrogen and oxygen atoms in total. The molecule has 2 amide bonds. The number of rotatable bonds is 4. The Bertz CT molecular complexity index is 487. The highest BCUT2D eigenvalue weighted by Gasteiger charge is 2.56. The third-order valence-electron chi connectivity index (χ3n) is 4.06. The maximum Gasteiger partial charge on any atom is 0.408 e. The molecule has 2 aliphatic rings. The SMILES string of the molecule is COC(=O)C1(NC(=O)C2(NC(=O)OC(C)(C)C)CC2)CCC1. The summed E-state index contributed by atoms with van der Waals surface area (Å²) in [6.45, 7) is 5.27. The molecule has 2 fully saturated rings. The van der Waals surface area contributed by atoms with Crippen LogP contribution < -0.4 is 10.6 Å². The van der Waals surface area contributed by atoms with Crippen molar-refractivity contribution >= 4 is 18.0 Å². The summed E-state index contributed by atoms with van der Waals surface area (Å²) >= 11 is 0. The van der Waals surface area contributed by atoms with Crippen LogP contribution in [0.2, 0.25) is 0 Å². The maximum absolute atomic E-state index is 12.5. The zero-order valence-electron chi connectivity index (χ0n) is 13.6. The van der Waals surface area contributed by atoms with Gasteiger partial charge in [0, 0.05) is 0 Å². The van der Waals surface area contributed by atoms with Gasteiger partial charge in [-0.2, -0.15) is 0 Å². The summed E-state index contributed by atoms with van der Waals surface area (Å²) in [5, 5.41) is 5.39. The number of carbonyl (C=O) groups is 3. The molecule has 0 aliphatic heterocycles. The van der Waals surface area contributed by atoms with E-state index in [0.717, 1.165) is 6.42 Å². The van der Waals surface area contributed by atoms with Crippen molar-refractivity contribution in [1.82, 2.24) is 10.6 Å². The summed E-state index contributed by atoms with van der Waals surface area (Å²) in [4.78, 5) is 36.2. The van der Waals surface area contributed by atoms with Crippen LogP contribution in [0.3, 0.4) is 0 Å². The molecule has 0 bridgehead atoms. The number of amides is 2. The molecule has 0 spiro atoms. The topological polar surface area (TPSA) is 93.7 Å². The normalized spacial score (nSPS) is 21.1. The Hall–Kier alpha value is -1.79. The fourth-order valence-electron chi connectivity index (χ4n) is 2.48. The second-order valence-corrected chi connectivity index (χ2v) is 7.09. The molecule has 124 valence electrons. The van der Waals surface area contributed by atoms with Crippen molar-refractivity contribution in [3.8, 4) is 0 Å². The third kappa shape index (κ3) is 3.34. The lowest BCUT2D eigenvalue weighted by Gasteiger charge is -2.40. The van der Waals surface area contributed by atoms with Gasteiger partial charge >= 0.3 is 12.1 Å². The first-order valence-electron chi connectivity index (χ1n) is 7.55. The molecule has 0 radical (unpaired) electrons. The predicted molar refractivity (Wildman–Crippen MR) is 78.1 cm³/mol. The molecule has 0 aromatic carbocycles. The lowest BCUT2D eigenvalue weighted by atomic mass is 9.76. The molecule has 0 heterocycles. The second kappa shape index (κ2) is 5.44. The van der Waals surface area contributed by atoms with Crippen molar-refractivity contribution in [2.45, 2.75) is 69.6 Å². The predicted octanol–water partition coefficient (Wildman–Crippen LogP) is 1.26. The maximum atomic E-state index is 12.5. The number of alkyl carbamates (subject to hydrolysis) is 1. The summed E-state index contributed by atoms with van der Waals surface area (Å²) in [5.41, 5.74) is -2.52. The first-order chi connectivity index (χ1) is 10.1. The van der Waals surface area contributed by atoms with E-state index in [2.05, 4.69) is 10.6 Å². The molecular formula is C15H24N2O5. The van der Waals surface area contributed by atoms with E-state index in [4.69, 9.17) is 9.47 Å². The van der Waals surface area contributed by atoms with Crippen LogP contribution in [0.25, 0.3) is 0 Å². The van der Waals surface area contributed by atoms with E-state index >= 15 is 0 Å². The Morgan fingerprint density at radius 3 is 1.91 bits per heavy atom. The summed E-state index contributed by atoms with van der Waals surface area (Å²) in [7, 11) is 1.31. The standard InChI is InChI=1S/C15H24N2O5/c1-13(2,3)22-12(20)17-14(8-9-14)10(18)16-15(6-5-7-15)11(19)21-4/h5-9H2,1-4H3,(H,16,18)(H,17,20). The number of methoxy groups -OCH3 is 1. The molecule has 0 aromatic heterocycles. The van der Waals surface area contributed by atoms with E-state index in [9.17, 15) is 14.4 Å². The molecule has 2 rings (SSSR count). The van der Waals surface area contributed by atoms with Crippen LogP contribution in [0.1, 0.15) is 52.9 Å². The van der Waals surface area contributed by atoms with Crippen molar-refractivity contribution in [3.05, 3.63) is 0 Å². The van der Waals surface area contributed by atoms with Gasteiger partial charge in [-0.3, -0.25) is 4.79 Å². The first-order valence-corrected chi connectivity index (χ1v) is 7.55. The quantitative estimate of drug-likeness (QED) is 0.762. The van der Waals surface area contributed by atoms with Gasteiger partial charge in [-0.05, 0) is 52.9 Å². The number of esters is 1. The minimum absolute atomic E-state index is 0.344. The molecule has 2 N–H and O–H groups in total. The third-order valence-corrected chi connectivity index (χ3v) is 4.06. The Labute approximate surface area is 130 Å². The van der Waals surface area contributed by atoms with E-state index in [1.165, 1.54) is 7.11 Å². The smallest absolute Gasteiger partial charge is 0.408 e. The second-order valence-electron chi connectivity index (χ2n) is 7.09. The van der Waals surface area contributed by atoms with Gasteiger partial charge in [0.2, 0.25) is 5.91 Å². The lowest BCUT2D eigenvalue weighted by molar-refractivity contribution is -0.155. The van der Waals surface area contributed by atoms with Crippen LogP contribution in [0.15, 0.2) is 0 Å². The average molecular weight is 312 g/mol. The molecule has 0 atom stereocenters. The van der Waals surface area contributed by atoms with Gasteiger partial charge < -0.3 is 20.1 Å². The highest BCUT2D eigenvalue weighted by molar-refractivity contribution is 5.97. The zero-order valence-corrected chi connectivity index (χ0v) is 13.6. The van der Waals surface area contributed by atoms with Gasteiger partial charge in [-0.15, -0.1) is 0 Å². The largest absolute Gasteiger partial charge is 0.467 e. The Morgan fingerprint density at radius 2 is 1.55 bits per heavy atom. The number of nitrogens with one attached hydrogen (secondary N) is 2. The Morgan fingerprint density at radius 1 is 0.955 bits per heavy atom. The molecule has 7 heteroatoms. The van der Waals surface area contributed by atoms with E-state index in [0.29, 0.717) is 25.7 Å². The summed E-state index contributed by atoms with van der Waals surface area (Å²) in [6.07, 6.45) is 2.44. The number of carbonyl (C=O) groups excluding carboxylic acids is 3. The van der Waals surface area contributed by atoms with Crippen LogP contribution in [0.5, 0.6) is 0 Å². The van der Waals surface area contributed by atoms with Crippen molar-refractivity contribution in [3.63, 3.8) is 0 Å². The van der Waals surface area contributed by atoms with E-state index < -0.39 is 28.7 Å². The van der Waals surface area contributed by atoms with Gasteiger partial charge in [0.05, 0.1) is 7.11 Å². The summed E-state index contributed by atoms with van der Waals surface area (Å²) < 4.78 is 9.95. The molecule has 0 aromatic rings. The minimum Gasteiger partial charge on any atom is -0.467 e. The van der Waals surface area contributed by atoms with Gasteiger partial charge in [0.25, 0.3) is 0 Å². The van der Waals surface area contributed by atoms with E-state index in [1.807, 2.05) is 0 Å². The van der Waals surface area contributed by atoms with Crippen LogP contribution in [0.4, 0.5) is 4.79 Å². The van der Waals surface area contributed by atoms with Gasteiger partial charge in [0.1, 0.15) is 16.7 Å². The highest BCUT2D eigenvalue weighted by Crippen LogP contribution is 2.39. The van der Waals surface area contributed by atoms with Crippen molar-refractivity contribution in [2.24, 2.45) is 0 Å². The van der Waals surface area contributed by atoms with Crippen molar-refractivity contribution in [2.75, 3.05) is 7.11 Å². The van der Waals surface area contributed by atoms with Crippen LogP contribution >= 0.6 is 0 Å². The molecule has 2 aliphatic carbocycles. The van der Waals surface area contributed by atoms with Crippen LogP contribution in [-0.2, 0) is 19.1 Å². The van der Waals surface area contributed by atoms with Crippen molar-refractivity contribution < 1.29 is 23.9 Å². The lowest BCUT2D eigenvalue weighted by Crippen LogP contribution is -2.64. The molecule has 0 unspecified atom stereocenters.